The molecule has 0 spiro atoms. The summed E-state index contributed by atoms with van der Waals surface area (Å²) in [6, 6.07) is 5.80. The Morgan fingerprint density at radius 3 is 2.65 bits per heavy atom. The molecule has 0 radical (unpaired) electrons. The monoisotopic (exact) mass is 546 g/mol. The van der Waals surface area contributed by atoms with E-state index in [-0.39, 0.29) is 11.9 Å². The highest BCUT2D eigenvalue weighted by Gasteiger charge is 2.41. The second kappa shape index (κ2) is 11.4. The van der Waals surface area contributed by atoms with Crippen LogP contribution < -0.4 is 19.9 Å². The number of rotatable bonds is 8. The number of methoxy groups -OCH3 is 1. The maximum absolute atomic E-state index is 13.2. The molecule has 1 aromatic carbocycles. The predicted octanol–water partition coefficient (Wildman–Crippen LogP) is 4.77. The molecule has 1 N–H and O–H groups in total. The Hall–Kier alpha value is -3.73. The second-order valence-corrected chi connectivity index (χ2v) is 10.9. The number of nitrogens with zero attached hydrogens (tertiary/aromatic N) is 7. The van der Waals surface area contributed by atoms with Crippen LogP contribution in [0.2, 0.25) is 0 Å². The lowest BCUT2D eigenvalue weighted by molar-refractivity contribution is -0.120. The van der Waals surface area contributed by atoms with Crippen molar-refractivity contribution in [3.05, 3.63) is 30.3 Å². The minimum atomic E-state index is -0.216. The zero-order valence-corrected chi connectivity index (χ0v) is 23.6. The Balaban J connectivity index is 1.24. The lowest BCUT2D eigenvalue weighted by Gasteiger charge is -2.43. The minimum absolute atomic E-state index is 0.101. The third-order valence-corrected chi connectivity index (χ3v) is 8.38. The highest BCUT2D eigenvalue weighted by atomic mass is 16.5. The van der Waals surface area contributed by atoms with Gasteiger partial charge in [0.05, 0.1) is 25.5 Å². The molecular formula is C29H38N8O3. The smallest absolute Gasteiger partial charge is 0.249 e. The van der Waals surface area contributed by atoms with Crippen molar-refractivity contribution in [1.82, 2.24) is 25.1 Å². The Labute approximate surface area is 234 Å². The molecule has 11 heteroatoms. The number of hydrogen-bond donors (Lipinski definition) is 1. The van der Waals surface area contributed by atoms with E-state index < -0.39 is 0 Å². The molecule has 6 rings (SSSR count). The van der Waals surface area contributed by atoms with Crippen molar-refractivity contribution in [2.45, 2.75) is 76.9 Å². The molecule has 0 bridgehead atoms. The number of fused-ring (bicyclic) bond motifs is 1. The summed E-state index contributed by atoms with van der Waals surface area (Å²) in [5.74, 6) is 3.06. The number of benzene rings is 1. The molecule has 1 amide bonds. The number of nitrogens with one attached hydrogen (secondary N) is 1. The van der Waals surface area contributed by atoms with Crippen LogP contribution in [0.1, 0.15) is 64.2 Å². The van der Waals surface area contributed by atoms with Crippen LogP contribution in [0, 0.1) is 0 Å². The number of likely N-dealkylation sites (tertiary alicyclic amines) is 1. The molecule has 4 heterocycles. The first-order valence-electron chi connectivity index (χ1n) is 14.5. The van der Waals surface area contributed by atoms with Crippen LogP contribution in [0.3, 0.4) is 0 Å². The van der Waals surface area contributed by atoms with E-state index in [1.54, 1.807) is 18.2 Å². The zero-order valence-electron chi connectivity index (χ0n) is 23.6. The molecule has 1 saturated heterocycles. The van der Waals surface area contributed by atoms with Gasteiger partial charge in [-0.05, 0) is 63.4 Å². The van der Waals surface area contributed by atoms with Gasteiger partial charge in [0.2, 0.25) is 23.6 Å². The van der Waals surface area contributed by atoms with E-state index in [0.29, 0.717) is 36.1 Å². The summed E-state index contributed by atoms with van der Waals surface area (Å²) >= 11 is 0. The normalized spacial score (nSPS) is 20.2. The number of carbonyl (C=O) groups excluding carboxylic acids is 1. The van der Waals surface area contributed by atoms with E-state index in [2.05, 4.69) is 37.2 Å². The molecule has 2 aliphatic heterocycles. The number of anilines is 4. The summed E-state index contributed by atoms with van der Waals surface area (Å²) in [5, 5.41) is 11.9. The highest BCUT2D eigenvalue weighted by Crippen LogP contribution is 2.40. The molecule has 1 atom stereocenters. The van der Waals surface area contributed by atoms with Crippen molar-refractivity contribution >= 4 is 29.0 Å². The van der Waals surface area contributed by atoms with Crippen molar-refractivity contribution < 1.29 is 13.9 Å². The van der Waals surface area contributed by atoms with E-state index in [9.17, 15) is 4.79 Å². The van der Waals surface area contributed by atoms with Crippen LogP contribution in [0.15, 0.2) is 28.8 Å². The van der Waals surface area contributed by atoms with E-state index in [1.807, 2.05) is 25.2 Å². The first kappa shape index (κ1) is 26.5. The van der Waals surface area contributed by atoms with Crippen LogP contribution >= 0.6 is 0 Å². The second-order valence-electron chi connectivity index (χ2n) is 10.9. The Kier molecular flexibility index (Phi) is 7.55. The highest BCUT2D eigenvalue weighted by molar-refractivity contribution is 6.04. The SMILES string of the molecule is CC[C@@H]1C(=O)N(C)c2cnc(Nc3ccc(-c4nnc(CN5CCCCC5)o4)cc3OC)nc2N1C1CCCC1. The molecule has 2 fully saturated rings. The van der Waals surface area contributed by atoms with Crippen LogP contribution in [0.25, 0.3) is 11.5 Å². The quantitative estimate of drug-likeness (QED) is 0.424. The van der Waals surface area contributed by atoms with Crippen molar-refractivity contribution in [3.8, 4) is 17.2 Å². The van der Waals surface area contributed by atoms with Crippen LogP contribution in [0.5, 0.6) is 5.75 Å². The van der Waals surface area contributed by atoms with Gasteiger partial charge in [-0.3, -0.25) is 9.69 Å². The molecule has 0 unspecified atom stereocenters. The zero-order chi connectivity index (χ0) is 27.6. The van der Waals surface area contributed by atoms with E-state index >= 15 is 0 Å². The van der Waals surface area contributed by atoms with Gasteiger partial charge in [0, 0.05) is 18.7 Å². The maximum Gasteiger partial charge on any atom is 0.249 e. The number of aromatic nitrogens is 4. The van der Waals surface area contributed by atoms with Gasteiger partial charge in [-0.25, -0.2) is 4.98 Å². The molecule has 3 aromatic rings. The predicted molar refractivity (Wildman–Crippen MR) is 153 cm³/mol. The van der Waals surface area contributed by atoms with Crippen LogP contribution in [-0.4, -0.2) is 70.3 Å². The third kappa shape index (κ3) is 5.10. The van der Waals surface area contributed by atoms with Crippen molar-refractivity contribution in [3.63, 3.8) is 0 Å². The fourth-order valence-electron chi connectivity index (χ4n) is 6.23. The average Bonchev–Trinajstić information content (AvgIpc) is 3.68. The lowest BCUT2D eigenvalue weighted by atomic mass is 10.0. The number of carbonyl (C=O) groups is 1. The summed E-state index contributed by atoms with van der Waals surface area (Å²) in [6.45, 7) is 4.88. The number of ether oxygens (including phenoxy) is 1. The number of likely N-dealkylation sites (N-methyl/N-ethyl adjacent to an activating group) is 1. The molecule has 11 nitrogen and oxygen atoms in total. The van der Waals surface area contributed by atoms with Gasteiger partial charge < -0.3 is 24.3 Å². The van der Waals surface area contributed by atoms with Gasteiger partial charge in [-0.1, -0.05) is 26.2 Å². The summed E-state index contributed by atoms with van der Waals surface area (Å²) in [4.78, 5) is 29.0. The summed E-state index contributed by atoms with van der Waals surface area (Å²) in [6.07, 6.45) is 10.7. The van der Waals surface area contributed by atoms with E-state index in [4.69, 9.17) is 14.1 Å². The standard InChI is InChI=1S/C29H38N8O3/c1-4-22-28(38)35(2)23-17-30-29(32-26(23)37(22)20-10-6-7-11-20)31-21-13-12-19(16-24(21)39-3)27-34-33-25(40-27)18-36-14-8-5-9-15-36/h12-13,16-17,20,22H,4-11,14-15,18H2,1-3H3,(H,30,31,32)/t22-/m1/s1. The molecular weight excluding hydrogens is 508 g/mol. The fraction of sp³-hybridized carbons (Fsp3) is 0.552. The fourth-order valence-corrected chi connectivity index (χ4v) is 6.23. The minimum Gasteiger partial charge on any atom is -0.495 e. The maximum atomic E-state index is 13.2. The molecule has 1 saturated carbocycles. The Morgan fingerprint density at radius 1 is 1.10 bits per heavy atom. The number of hydrogen-bond acceptors (Lipinski definition) is 10. The summed E-state index contributed by atoms with van der Waals surface area (Å²) in [5.41, 5.74) is 2.25. The van der Waals surface area contributed by atoms with Gasteiger partial charge >= 0.3 is 0 Å². The van der Waals surface area contributed by atoms with Gasteiger partial charge in [0.25, 0.3) is 0 Å². The van der Waals surface area contributed by atoms with Crippen molar-refractivity contribution in [2.75, 3.05) is 42.4 Å². The largest absolute Gasteiger partial charge is 0.495 e. The van der Waals surface area contributed by atoms with Crippen LogP contribution in [0.4, 0.5) is 23.1 Å². The van der Waals surface area contributed by atoms with E-state index in [1.165, 1.54) is 32.1 Å². The van der Waals surface area contributed by atoms with Gasteiger partial charge in [0.15, 0.2) is 5.82 Å². The molecule has 2 aromatic heterocycles. The molecule has 3 aliphatic rings. The number of amides is 1. The molecule has 1 aliphatic carbocycles. The van der Waals surface area contributed by atoms with Gasteiger partial charge in [0.1, 0.15) is 17.5 Å². The molecule has 40 heavy (non-hydrogen) atoms. The summed E-state index contributed by atoms with van der Waals surface area (Å²) in [7, 11) is 3.44. The van der Waals surface area contributed by atoms with E-state index in [0.717, 1.165) is 55.1 Å². The van der Waals surface area contributed by atoms with Crippen molar-refractivity contribution in [2.24, 2.45) is 0 Å². The topological polar surface area (TPSA) is 113 Å². The van der Waals surface area contributed by atoms with Gasteiger partial charge in [-0.15, -0.1) is 10.2 Å². The van der Waals surface area contributed by atoms with Crippen molar-refractivity contribution in [1.29, 1.82) is 0 Å². The first-order chi connectivity index (χ1) is 19.6. The van der Waals surface area contributed by atoms with Gasteiger partial charge in [-0.2, -0.15) is 4.98 Å². The Morgan fingerprint density at radius 2 is 1.90 bits per heavy atom. The Bertz CT molecular complexity index is 1350. The number of piperidine rings is 1. The first-order valence-corrected chi connectivity index (χ1v) is 14.5. The average molecular weight is 547 g/mol. The molecule has 212 valence electrons. The third-order valence-electron chi connectivity index (χ3n) is 8.38. The van der Waals surface area contributed by atoms with Crippen LogP contribution in [-0.2, 0) is 11.3 Å². The summed E-state index contributed by atoms with van der Waals surface area (Å²) < 4.78 is 11.7. The lowest BCUT2D eigenvalue weighted by Crippen LogP contribution is -2.55.